The van der Waals surface area contributed by atoms with E-state index in [4.69, 9.17) is 9.84 Å². The van der Waals surface area contributed by atoms with Gasteiger partial charge < -0.3 is 15.2 Å². The zero-order valence-electron chi connectivity index (χ0n) is 15.8. The van der Waals surface area contributed by atoms with Crippen molar-refractivity contribution >= 4 is 5.97 Å². The Morgan fingerprint density at radius 1 is 1.11 bits per heavy atom. The van der Waals surface area contributed by atoms with Gasteiger partial charge in [0, 0.05) is 18.6 Å². The van der Waals surface area contributed by atoms with Crippen molar-refractivity contribution in [3.05, 3.63) is 65.7 Å². The zero-order chi connectivity index (χ0) is 19.1. The van der Waals surface area contributed by atoms with Gasteiger partial charge >= 0.3 is 5.97 Å². The summed E-state index contributed by atoms with van der Waals surface area (Å²) in [5.74, 6) is 0.126. The molecule has 27 heavy (non-hydrogen) atoms. The van der Waals surface area contributed by atoms with E-state index in [1.54, 1.807) is 0 Å². The van der Waals surface area contributed by atoms with Crippen LogP contribution in [0.2, 0.25) is 0 Å². The second-order valence-electron chi connectivity index (χ2n) is 7.08. The smallest absolute Gasteiger partial charge is 0.317 e. The summed E-state index contributed by atoms with van der Waals surface area (Å²) in [5.41, 5.74) is 2.38. The van der Waals surface area contributed by atoms with E-state index in [0.29, 0.717) is 18.7 Å². The van der Waals surface area contributed by atoms with Crippen LogP contribution >= 0.6 is 0 Å². The van der Waals surface area contributed by atoms with Gasteiger partial charge in [0.05, 0.1) is 6.54 Å². The fourth-order valence-electron chi connectivity index (χ4n) is 3.43. The van der Waals surface area contributed by atoms with Crippen molar-refractivity contribution in [2.24, 2.45) is 0 Å². The highest BCUT2D eigenvalue weighted by Crippen LogP contribution is 2.26. The van der Waals surface area contributed by atoms with E-state index in [2.05, 4.69) is 29.6 Å². The number of benzene rings is 2. The van der Waals surface area contributed by atoms with Crippen molar-refractivity contribution in [3.63, 3.8) is 0 Å². The second-order valence-corrected chi connectivity index (χ2v) is 7.08. The van der Waals surface area contributed by atoms with Crippen LogP contribution in [0.25, 0.3) is 0 Å². The first-order valence-electron chi connectivity index (χ1n) is 9.59. The molecule has 2 aromatic rings. The molecular formula is C22H28N2O3. The molecular weight excluding hydrogens is 340 g/mol. The molecule has 1 aliphatic rings. The molecule has 0 saturated heterocycles. The lowest BCUT2D eigenvalue weighted by atomic mass is 9.85. The Labute approximate surface area is 161 Å². The SMILES string of the molecule is CCN(CC(=O)O)C1CC(NCc2ccc(OCc3ccccc3)cc2)C1. The standard InChI is InChI=1S/C22H28N2O3/c1-2-24(15-22(25)26)20-12-19(13-20)23-14-17-8-10-21(11-9-17)27-16-18-6-4-3-5-7-18/h3-11,19-20,23H,2,12-16H2,1H3,(H,25,26). The van der Waals surface area contributed by atoms with Gasteiger partial charge in [0.1, 0.15) is 12.4 Å². The Kier molecular flexibility index (Phi) is 6.85. The minimum Gasteiger partial charge on any atom is -0.489 e. The molecule has 0 bridgehead atoms. The Hall–Kier alpha value is -2.37. The molecule has 1 aliphatic carbocycles. The van der Waals surface area contributed by atoms with Crippen molar-refractivity contribution in [2.45, 2.75) is 45.0 Å². The van der Waals surface area contributed by atoms with Crippen LogP contribution in [0.3, 0.4) is 0 Å². The number of likely N-dealkylation sites (N-methyl/N-ethyl adjacent to an activating group) is 1. The summed E-state index contributed by atoms with van der Waals surface area (Å²) in [6.07, 6.45) is 2.03. The minimum absolute atomic E-state index is 0.137. The first-order valence-corrected chi connectivity index (χ1v) is 9.59. The molecule has 2 N–H and O–H groups in total. The fraction of sp³-hybridized carbons (Fsp3) is 0.409. The summed E-state index contributed by atoms with van der Waals surface area (Å²) in [6.45, 7) is 4.34. The average Bonchev–Trinajstić information content (AvgIpc) is 2.65. The molecule has 5 heteroatoms. The molecule has 0 spiro atoms. The monoisotopic (exact) mass is 368 g/mol. The van der Waals surface area contributed by atoms with Crippen molar-refractivity contribution < 1.29 is 14.6 Å². The quantitative estimate of drug-likeness (QED) is 0.674. The number of hydrogen-bond acceptors (Lipinski definition) is 4. The lowest BCUT2D eigenvalue weighted by Gasteiger charge is -2.42. The van der Waals surface area contributed by atoms with Crippen molar-refractivity contribution in [2.75, 3.05) is 13.1 Å². The molecule has 0 unspecified atom stereocenters. The summed E-state index contributed by atoms with van der Waals surface area (Å²) in [6, 6.07) is 19.2. The Morgan fingerprint density at radius 2 is 1.81 bits per heavy atom. The largest absolute Gasteiger partial charge is 0.489 e. The third-order valence-electron chi connectivity index (χ3n) is 5.14. The summed E-state index contributed by atoms with van der Waals surface area (Å²) in [7, 11) is 0. The number of nitrogens with zero attached hydrogens (tertiary/aromatic N) is 1. The predicted molar refractivity (Wildman–Crippen MR) is 106 cm³/mol. The molecule has 0 aliphatic heterocycles. The van der Waals surface area contributed by atoms with Crippen molar-refractivity contribution in [1.29, 1.82) is 0 Å². The number of carboxylic acid groups (broad SMARTS) is 1. The van der Waals surface area contributed by atoms with Gasteiger partial charge in [0.15, 0.2) is 0 Å². The minimum atomic E-state index is -0.747. The molecule has 0 heterocycles. The van der Waals surface area contributed by atoms with Gasteiger partial charge in [0.2, 0.25) is 0 Å². The average molecular weight is 368 g/mol. The summed E-state index contributed by atoms with van der Waals surface area (Å²) in [4.78, 5) is 12.9. The third kappa shape index (κ3) is 5.81. The van der Waals surface area contributed by atoms with Crippen LogP contribution in [0.15, 0.2) is 54.6 Å². The first-order chi connectivity index (χ1) is 13.1. The molecule has 144 valence electrons. The Bertz CT molecular complexity index is 712. The van der Waals surface area contributed by atoms with Crippen LogP contribution in [0.5, 0.6) is 5.75 Å². The van der Waals surface area contributed by atoms with E-state index in [1.807, 2.05) is 42.2 Å². The van der Waals surface area contributed by atoms with Crippen molar-refractivity contribution in [3.8, 4) is 5.75 Å². The number of ether oxygens (including phenoxy) is 1. The number of nitrogens with one attached hydrogen (secondary N) is 1. The number of carbonyl (C=O) groups is 1. The zero-order valence-corrected chi connectivity index (χ0v) is 15.8. The molecule has 0 amide bonds. The van der Waals surface area contributed by atoms with E-state index in [9.17, 15) is 4.79 Å². The first kappa shape index (κ1) is 19.4. The molecule has 1 fully saturated rings. The van der Waals surface area contributed by atoms with Crippen LogP contribution in [-0.4, -0.2) is 41.1 Å². The lowest BCUT2D eigenvalue weighted by molar-refractivity contribution is -0.139. The van der Waals surface area contributed by atoms with Crippen LogP contribution in [-0.2, 0) is 17.9 Å². The third-order valence-corrected chi connectivity index (χ3v) is 5.14. The summed E-state index contributed by atoms with van der Waals surface area (Å²) < 4.78 is 5.82. The molecule has 0 atom stereocenters. The van der Waals surface area contributed by atoms with E-state index < -0.39 is 5.97 Å². The maximum Gasteiger partial charge on any atom is 0.317 e. The highest BCUT2D eigenvalue weighted by molar-refractivity contribution is 5.69. The van der Waals surface area contributed by atoms with E-state index in [1.165, 1.54) is 5.56 Å². The van der Waals surface area contributed by atoms with Crippen LogP contribution in [0, 0.1) is 0 Å². The number of hydrogen-bond donors (Lipinski definition) is 2. The van der Waals surface area contributed by atoms with Gasteiger partial charge in [-0.1, -0.05) is 49.4 Å². The number of rotatable bonds is 10. The topological polar surface area (TPSA) is 61.8 Å². The predicted octanol–water partition coefficient (Wildman–Crippen LogP) is 3.29. The molecule has 0 radical (unpaired) electrons. The van der Waals surface area contributed by atoms with Crippen LogP contribution in [0.4, 0.5) is 0 Å². The van der Waals surface area contributed by atoms with Gasteiger partial charge in [-0.25, -0.2) is 0 Å². The van der Waals surface area contributed by atoms with Gasteiger partial charge in [0.25, 0.3) is 0 Å². The van der Waals surface area contributed by atoms with Gasteiger partial charge in [-0.15, -0.1) is 0 Å². The maximum atomic E-state index is 10.9. The normalized spacial score (nSPS) is 18.9. The summed E-state index contributed by atoms with van der Waals surface area (Å²) >= 11 is 0. The van der Waals surface area contributed by atoms with E-state index in [0.717, 1.165) is 37.2 Å². The number of aliphatic carboxylic acids is 1. The Balaban J connectivity index is 1.38. The van der Waals surface area contributed by atoms with Crippen molar-refractivity contribution in [1.82, 2.24) is 10.2 Å². The molecule has 5 nitrogen and oxygen atoms in total. The molecule has 3 rings (SSSR count). The highest BCUT2D eigenvalue weighted by atomic mass is 16.5. The van der Waals surface area contributed by atoms with Crippen LogP contribution < -0.4 is 10.1 Å². The van der Waals surface area contributed by atoms with E-state index in [-0.39, 0.29) is 6.54 Å². The number of carboxylic acids is 1. The molecule has 2 aromatic carbocycles. The lowest BCUT2D eigenvalue weighted by Crippen LogP contribution is -2.53. The Morgan fingerprint density at radius 3 is 2.44 bits per heavy atom. The molecule has 0 aromatic heterocycles. The molecule has 1 saturated carbocycles. The highest BCUT2D eigenvalue weighted by Gasteiger charge is 2.33. The van der Waals surface area contributed by atoms with Crippen LogP contribution in [0.1, 0.15) is 30.9 Å². The van der Waals surface area contributed by atoms with Gasteiger partial charge in [-0.05, 0) is 42.6 Å². The van der Waals surface area contributed by atoms with E-state index >= 15 is 0 Å². The van der Waals surface area contributed by atoms with Gasteiger partial charge in [-0.2, -0.15) is 0 Å². The fourth-order valence-corrected chi connectivity index (χ4v) is 3.43. The maximum absolute atomic E-state index is 10.9. The second kappa shape index (κ2) is 9.53. The summed E-state index contributed by atoms with van der Waals surface area (Å²) in [5, 5.41) is 12.5. The van der Waals surface area contributed by atoms with Gasteiger partial charge in [-0.3, -0.25) is 9.69 Å².